The summed E-state index contributed by atoms with van der Waals surface area (Å²) in [6.45, 7) is -0.123. The van der Waals surface area contributed by atoms with E-state index in [0.717, 1.165) is 16.6 Å². The number of hydrogen-bond acceptors (Lipinski definition) is 6. The molecule has 0 saturated carbocycles. The van der Waals surface area contributed by atoms with E-state index in [2.05, 4.69) is 25.8 Å². The summed E-state index contributed by atoms with van der Waals surface area (Å²) in [5.74, 6) is 0.278. The Kier molecular flexibility index (Phi) is 4.21. The second-order valence-corrected chi connectivity index (χ2v) is 5.47. The highest BCUT2D eigenvalue weighted by atomic mass is 16.5. The Hall–Kier alpha value is -3.81. The maximum absolute atomic E-state index is 12.2. The average molecular weight is 346 g/mol. The number of benzene rings is 2. The van der Waals surface area contributed by atoms with E-state index >= 15 is 0 Å². The SMILES string of the molecule is O=C(COc1cccc(-n2cnnn2)c1)Nc1cccc2cccnc12. The monoisotopic (exact) mass is 346 g/mol. The molecule has 0 aliphatic carbocycles. The number of ether oxygens (including phenoxy) is 1. The largest absolute Gasteiger partial charge is 0.484 e. The number of rotatable bonds is 5. The third kappa shape index (κ3) is 3.34. The van der Waals surface area contributed by atoms with E-state index in [-0.39, 0.29) is 12.5 Å². The summed E-state index contributed by atoms with van der Waals surface area (Å²) in [5.41, 5.74) is 2.13. The molecule has 2 aromatic heterocycles. The number of carbonyl (C=O) groups is 1. The first-order valence-corrected chi connectivity index (χ1v) is 7.89. The molecule has 0 aliphatic heterocycles. The molecule has 1 amide bonds. The van der Waals surface area contributed by atoms with Crippen LogP contribution in [0.2, 0.25) is 0 Å². The van der Waals surface area contributed by atoms with Crippen LogP contribution in [0.25, 0.3) is 16.6 Å². The topological polar surface area (TPSA) is 94.8 Å². The Morgan fingerprint density at radius 3 is 2.88 bits per heavy atom. The Labute approximate surface area is 148 Å². The lowest BCUT2D eigenvalue weighted by Crippen LogP contribution is -2.20. The second kappa shape index (κ2) is 6.98. The normalized spacial score (nSPS) is 10.6. The predicted molar refractivity (Wildman–Crippen MR) is 95.0 cm³/mol. The van der Waals surface area contributed by atoms with E-state index in [9.17, 15) is 4.79 Å². The maximum Gasteiger partial charge on any atom is 0.262 e. The third-order valence-corrected chi connectivity index (χ3v) is 3.71. The van der Waals surface area contributed by atoms with Crippen LogP contribution in [-0.2, 0) is 4.79 Å². The lowest BCUT2D eigenvalue weighted by Gasteiger charge is -2.10. The molecule has 0 saturated heterocycles. The molecule has 0 spiro atoms. The van der Waals surface area contributed by atoms with Crippen LogP contribution in [0, 0.1) is 0 Å². The molecular weight excluding hydrogens is 332 g/mol. The van der Waals surface area contributed by atoms with Gasteiger partial charge in [0, 0.05) is 17.6 Å². The number of nitrogens with zero attached hydrogens (tertiary/aromatic N) is 5. The minimum Gasteiger partial charge on any atom is -0.484 e. The zero-order valence-corrected chi connectivity index (χ0v) is 13.6. The van der Waals surface area contributed by atoms with Crippen LogP contribution in [0.15, 0.2) is 67.1 Å². The number of fused-ring (bicyclic) bond motifs is 1. The van der Waals surface area contributed by atoms with E-state index in [1.807, 2.05) is 36.4 Å². The summed E-state index contributed by atoms with van der Waals surface area (Å²) < 4.78 is 7.09. The van der Waals surface area contributed by atoms with Gasteiger partial charge in [-0.2, -0.15) is 0 Å². The van der Waals surface area contributed by atoms with Crippen LogP contribution >= 0.6 is 0 Å². The highest BCUT2D eigenvalue weighted by molar-refractivity contribution is 6.00. The molecule has 26 heavy (non-hydrogen) atoms. The number of para-hydroxylation sites is 1. The van der Waals surface area contributed by atoms with Crippen molar-refractivity contribution in [3.05, 3.63) is 67.1 Å². The average Bonchev–Trinajstić information content (AvgIpc) is 3.22. The van der Waals surface area contributed by atoms with Crippen LogP contribution in [-0.4, -0.2) is 37.7 Å². The van der Waals surface area contributed by atoms with Gasteiger partial charge in [0.2, 0.25) is 0 Å². The molecule has 1 N–H and O–H groups in total. The van der Waals surface area contributed by atoms with Crippen molar-refractivity contribution in [3.8, 4) is 11.4 Å². The molecule has 0 atom stereocenters. The van der Waals surface area contributed by atoms with Crippen molar-refractivity contribution in [3.63, 3.8) is 0 Å². The van der Waals surface area contributed by atoms with Crippen LogP contribution in [0.5, 0.6) is 5.75 Å². The fourth-order valence-electron chi connectivity index (χ4n) is 2.54. The Bertz CT molecular complexity index is 1040. The molecule has 0 fully saturated rings. The molecule has 0 radical (unpaired) electrons. The van der Waals surface area contributed by atoms with Crippen molar-refractivity contribution < 1.29 is 9.53 Å². The first-order chi connectivity index (χ1) is 12.8. The maximum atomic E-state index is 12.2. The number of carbonyl (C=O) groups excluding carboxylic acids is 1. The summed E-state index contributed by atoms with van der Waals surface area (Å²) >= 11 is 0. The number of hydrogen-bond donors (Lipinski definition) is 1. The van der Waals surface area contributed by atoms with Gasteiger partial charge in [-0.05, 0) is 34.7 Å². The molecule has 0 unspecified atom stereocenters. The van der Waals surface area contributed by atoms with E-state index in [1.54, 1.807) is 24.4 Å². The van der Waals surface area contributed by atoms with Gasteiger partial charge >= 0.3 is 0 Å². The fraction of sp³-hybridized carbons (Fsp3) is 0.0556. The predicted octanol–water partition coefficient (Wildman–Crippen LogP) is 2.23. The van der Waals surface area contributed by atoms with Gasteiger partial charge in [0.1, 0.15) is 12.1 Å². The molecule has 8 heteroatoms. The van der Waals surface area contributed by atoms with Crippen molar-refractivity contribution in [2.45, 2.75) is 0 Å². The number of aromatic nitrogens is 5. The number of pyridine rings is 1. The van der Waals surface area contributed by atoms with Gasteiger partial charge in [-0.1, -0.05) is 24.3 Å². The molecule has 0 aliphatic rings. The zero-order valence-electron chi connectivity index (χ0n) is 13.6. The molecule has 2 aromatic carbocycles. The number of nitrogens with one attached hydrogen (secondary N) is 1. The summed E-state index contributed by atoms with van der Waals surface area (Å²) in [7, 11) is 0. The van der Waals surface area contributed by atoms with Gasteiger partial charge in [-0.3, -0.25) is 9.78 Å². The van der Waals surface area contributed by atoms with Gasteiger partial charge in [-0.15, -0.1) is 5.10 Å². The summed E-state index contributed by atoms with van der Waals surface area (Å²) in [4.78, 5) is 16.6. The molecule has 2 heterocycles. The van der Waals surface area contributed by atoms with Gasteiger partial charge in [0.25, 0.3) is 5.91 Å². The third-order valence-electron chi connectivity index (χ3n) is 3.71. The fourth-order valence-corrected chi connectivity index (χ4v) is 2.54. The lowest BCUT2D eigenvalue weighted by molar-refractivity contribution is -0.118. The highest BCUT2D eigenvalue weighted by Crippen LogP contribution is 2.21. The van der Waals surface area contributed by atoms with Crippen molar-refractivity contribution in [1.29, 1.82) is 0 Å². The molecule has 4 aromatic rings. The van der Waals surface area contributed by atoms with Crippen molar-refractivity contribution in [2.75, 3.05) is 11.9 Å². The minimum absolute atomic E-state index is 0.123. The number of tetrazole rings is 1. The van der Waals surface area contributed by atoms with E-state index < -0.39 is 0 Å². The van der Waals surface area contributed by atoms with Gasteiger partial charge < -0.3 is 10.1 Å². The van der Waals surface area contributed by atoms with Crippen LogP contribution in [0.3, 0.4) is 0 Å². The smallest absolute Gasteiger partial charge is 0.262 e. The first kappa shape index (κ1) is 15.7. The van der Waals surface area contributed by atoms with Gasteiger partial charge in [-0.25, -0.2) is 4.68 Å². The van der Waals surface area contributed by atoms with E-state index in [4.69, 9.17) is 4.74 Å². The van der Waals surface area contributed by atoms with Crippen molar-refractivity contribution in [2.24, 2.45) is 0 Å². The molecule has 4 rings (SSSR count). The minimum atomic E-state index is -0.268. The highest BCUT2D eigenvalue weighted by Gasteiger charge is 2.08. The summed E-state index contributed by atoms with van der Waals surface area (Å²) in [6.07, 6.45) is 3.18. The zero-order chi connectivity index (χ0) is 17.8. The quantitative estimate of drug-likeness (QED) is 0.595. The van der Waals surface area contributed by atoms with Crippen molar-refractivity contribution in [1.82, 2.24) is 25.2 Å². The Morgan fingerprint density at radius 1 is 1.12 bits per heavy atom. The van der Waals surface area contributed by atoms with Crippen LogP contribution < -0.4 is 10.1 Å². The number of amides is 1. The Balaban J connectivity index is 1.43. The van der Waals surface area contributed by atoms with Gasteiger partial charge in [0.15, 0.2) is 6.61 Å². The van der Waals surface area contributed by atoms with Gasteiger partial charge in [0.05, 0.1) is 16.9 Å². The molecule has 128 valence electrons. The van der Waals surface area contributed by atoms with E-state index in [1.165, 1.54) is 11.0 Å². The summed E-state index contributed by atoms with van der Waals surface area (Å²) in [5, 5.41) is 14.8. The molecule has 8 nitrogen and oxygen atoms in total. The number of anilines is 1. The standard InChI is InChI=1S/C18H14N6O2/c25-17(21-16-8-1-4-13-5-3-9-19-18(13)16)11-26-15-7-2-6-14(10-15)24-12-20-22-23-24/h1-10,12H,11H2,(H,21,25). The molecular formula is C18H14N6O2. The van der Waals surface area contributed by atoms with Crippen LogP contribution in [0.4, 0.5) is 5.69 Å². The summed E-state index contributed by atoms with van der Waals surface area (Å²) in [6, 6.07) is 16.6. The molecule has 0 bridgehead atoms. The lowest BCUT2D eigenvalue weighted by atomic mass is 10.2. The second-order valence-electron chi connectivity index (χ2n) is 5.47. The van der Waals surface area contributed by atoms with E-state index in [0.29, 0.717) is 11.4 Å². The van der Waals surface area contributed by atoms with Crippen molar-refractivity contribution >= 4 is 22.5 Å². The first-order valence-electron chi connectivity index (χ1n) is 7.89. The van der Waals surface area contributed by atoms with Crippen LogP contribution in [0.1, 0.15) is 0 Å². The Morgan fingerprint density at radius 2 is 2.00 bits per heavy atom.